The summed E-state index contributed by atoms with van der Waals surface area (Å²) < 4.78 is 16.9. The molecule has 0 aliphatic rings. The normalized spacial score (nSPS) is 11.3. The molecule has 0 saturated carbocycles. The molecule has 0 atom stereocenters. The molecule has 0 aromatic heterocycles. The minimum atomic E-state index is 0.614. The average Bonchev–Trinajstić information content (AvgIpc) is 2.77. The number of aliphatic imine (C=N–C) groups is 1. The van der Waals surface area contributed by atoms with Crippen LogP contribution in [0.25, 0.3) is 0 Å². The summed E-state index contributed by atoms with van der Waals surface area (Å²) in [5, 5.41) is 6.76. The molecule has 0 heterocycles. The zero-order valence-corrected chi connectivity index (χ0v) is 18.7. The fourth-order valence-electron chi connectivity index (χ4n) is 3.06. The van der Waals surface area contributed by atoms with Crippen LogP contribution in [0.3, 0.4) is 0 Å². The van der Waals surface area contributed by atoms with Crippen molar-refractivity contribution in [2.75, 3.05) is 33.4 Å². The average molecular weight is 414 g/mol. The Balaban J connectivity index is 1.87. The van der Waals surface area contributed by atoms with Crippen LogP contribution < -0.4 is 20.1 Å². The molecule has 6 heteroatoms. The molecule has 2 aromatic rings. The van der Waals surface area contributed by atoms with Gasteiger partial charge in [0.15, 0.2) is 17.5 Å². The van der Waals surface area contributed by atoms with Crippen LogP contribution >= 0.6 is 0 Å². The van der Waals surface area contributed by atoms with Crippen molar-refractivity contribution in [3.05, 3.63) is 59.2 Å². The molecule has 0 saturated heterocycles. The van der Waals surface area contributed by atoms with Crippen molar-refractivity contribution in [2.45, 2.75) is 40.3 Å². The molecule has 2 aromatic carbocycles. The van der Waals surface area contributed by atoms with E-state index in [2.05, 4.69) is 39.9 Å². The van der Waals surface area contributed by atoms with Crippen LogP contribution in [-0.2, 0) is 24.3 Å². The number of hydrogen-bond donors (Lipinski definition) is 2. The summed E-state index contributed by atoms with van der Waals surface area (Å²) in [6, 6.07) is 14.4. The first-order valence-electron chi connectivity index (χ1n) is 10.7. The van der Waals surface area contributed by atoms with Crippen molar-refractivity contribution in [1.29, 1.82) is 0 Å². The predicted octanol–water partition coefficient (Wildman–Crippen LogP) is 3.93. The number of nitrogens with one attached hydrogen (secondary N) is 2. The van der Waals surface area contributed by atoms with E-state index in [0.717, 1.165) is 30.4 Å². The van der Waals surface area contributed by atoms with Crippen molar-refractivity contribution < 1.29 is 14.2 Å². The SMILES string of the molecule is CCOCc1ccccc1CNC(=NC)NCCc1ccc(OCC)c(OCC)c1. The summed E-state index contributed by atoms with van der Waals surface area (Å²) >= 11 is 0. The Bertz CT molecular complexity index is 793. The molecular formula is C24H35N3O3. The third kappa shape index (κ3) is 7.59. The molecule has 6 nitrogen and oxygen atoms in total. The second-order valence-corrected chi connectivity index (χ2v) is 6.66. The van der Waals surface area contributed by atoms with E-state index in [-0.39, 0.29) is 0 Å². The van der Waals surface area contributed by atoms with Gasteiger partial charge in [-0.2, -0.15) is 0 Å². The smallest absolute Gasteiger partial charge is 0.191 e. The summed E-state index contributed by atoms with van der Waals surface area (Å²) in [5.74, 6) is 2.36. The molecule has 164 valence electrons. The van der Waals surface area contributed by atoms with Gasteiger partial charge < -0.3 is 24.8 Å². The molecule has 0 spiro atoms. The first-order valence-corrected chi connectivity index (χ1v) is 10.7. The molecule has 30 heavy (non-hydrogen) atoms. The van der Waals surface area contributed by atoms with Gasteiger partial charge in [-0.25, -0.2) is 0 Å². The Morgan fingerprint density at radius 2 is 1.60 bits per heavy atom. The lowest BCUT2D eigenvalue weighted by molar-refractivity contribution is 0.133. The Morgan fingerprint density at radius 3 is 2.30 bits per heavy atom. The van der Waals surface area contributed by atoms with E-state index in [9.17, 15) is 0 Å². The highest BCUT2D eigenvalue weighted by Gasteiger charge is 2.07. The van der Waals surface area contributed by atoms with Crippen LogP contribution in [-0.4, -0.2) is 39.4 Å². The number of guanidine groups is 1. The van der Waals surface area contributed by atoms with Gasteiger partial charge >= 0.3 is 0 Å². The quantitative estimate of drug-likeness (QED) is 0.408. The second kappa shape index (κ2) is 13.5. The van der Waals surface area contributed by atoms with Crippen LogP contribution in [0.5, 0.6) is 11.5 Å². The number of nitrogens with zero attached hydrogens (tertiary/aromatic N) is 1. The lowest BCUT2D eigenvalue weighted by Gasteiger charge is -2.15. The van der Waals surface area contributed by atoms with Crippen molar-refractivity contribution in [3.8, 4) is 11.5 Å². The number of ether oxygens (including phenoxy) is 3. The maximum atomic E-state index is 5.71. The van der Waals surface area contributed by atoms with Crippen molar-refractivity contribution in [2.24, 2.45) is 4.99 Å². The fraction of sp³-hybridized carbons (Fsp3) is 0.458. The number of rotatable bonds is 12. The van der Waals surface area contributed by atoms with Gasteiger partial charge in [0.2, 0.25) is 0 Å². The predicted molar refractivity (Wildman–Crippen MR) is 122 cm³/mol. The van der Waals surface area contributed by atoms with Gasteiger partial charge in [0.25, 0.3) is 0 Å². The molecule has 2 N–H and O–H groups in total. The molecular weight excluding hydrogens is 378 g/mol. The van der Waals surface area contributed by atoms with E-state index >= 15 is 0 Å². The minimum absolute atomic E-state index is 0.614. The number of hydrogen-bond acceptors (Lipinski definition) is 4. The van der Waals surface area contributed by atoms with Crippen molar-refractivity contribution in [3.63, 3.8) is 0 Å². The van der Waals surface area contributed by atoms with Crippen molar-refractivity contribution in [1.82, 2.24) is 10.6 Å². The van der Waals surface area contributed by atoms with Gasteiger partial charge in [0.1, 0.15) is 0 Å². The van der Waals surface area contributed by atoms with Gasteiger partial charge in [-0.15, -0.1) is 0 Å². The van der Waals surface area contributed by atoms with E-state index < -0.39 is 0 Å². The van der Waals surface area contributed by atoms with Gasteiger partial charge in [0, 0.05) is 26.7 Å². The second-order valence-electron chi connectivity index (χ2n) is 6.66. The zero-order chi connectivity index (χ0) is 21.6. The van der Waals surface area contributed by atoms with Crippen LogP contribution in [0, 0.1) is 0 Å². The monoisotopic (exact) mass is 413 g/mol. The van der Waals surface area contributed by atoms with Crippen molar-refractivity contribution >= 4 is 5.96 Å². The molecule has 0 radical (unpaired) electrons. The molecule has 0 bridgehead atoms. The third-order valence-corrected chi connectivity index (χ3v) is 4.56. The Morgan fingerprint density at radius 1 is 0.867 bits per heavy atom. The summed E-state index contributed by atoms with van der Waals surface area (Å²) in [7, 11) is 1.78. The molecule has 2 rings (SSSR count). The maximum Gasteiger partial charge on any atom is 0.191 e. The zero-order valence-electron chi connectivity index (χ0n) is 18.7. The van der Waals surface area contributed by atoms with Crippen LogP contribution in [0.4, 0.5) is 0 Å². The Kier molecular flexibility index (Phi) is 10.6. The van der Waals surface area contributed by atoms with Gasteiger partial charge in [-0.05, 0) is 56.0 Å². The standard InChI is InChI=1S/C24H35N3O3/c1-5-28-18-21-11-9-8-10-20(21)17-27-24(25-4)26-15-14-19-12-13-22(29-6-2)23(16-19)30-7-3/h8-13,16H,5-7,14-15,17-18H2,1-4H3,(H2,25,26,27). The van der Waals surface area contributed by atoms with Gasteiger partial charge in [-0.1, -0.05) is 30.3 Å². The Hall–Kier alpha value is -2.73. The Labute approximate surface area is 180 Å². The summed E-state index contributed by atoms with van der Waals surface area (Å²) in [5.41, 5.74) is 3.59. The third-order valence-electron chi connectivity index (χ3n) is 4.56. The van der Waals surface area contributed by atoms with E-state index in [4.69, 9.17) is 14.2 Å². The highest BCUT2D eigenvalue weighted by molar-refractivity contribution is 5.79. The molecule has 0 amide bonds. The maximum absolute atomic E-state index is 5.71. The molecule has 0 aliphatic carbocycles. The highest BCUT2D eigenvalue weighted by atomic mass is 16.5. The summed E-state index contributed by atoms with van der Waals surface area (Å²) in [6.07, 6.45) is 0.855. The molecule has 0 aliphatic heterocycles. The first kappa shape index (κ1) is 23.5. The van der Waals surface area contributed by atoms with E-state index in [1.807, 2.05) is 39.0 Å². The van der Waals surface area contributed by atoms with Crippen LogP contribution in [0.2, 0.25) is 0 Å². The van der Waals surface area contributed by atoms with Gasteiger partial charge in [0.05, 0.1) is 19.8 Å². The van der Waals surface area contributed by atoms with Gasteiger partial charge in [-0.3, -0.25) is 4.99 Å². The topological polar surface area (TPSA) is 64.1 Å². The van der Waals surface area contributed by atoms with Crippen LogP contribution in [0.1, 0.15) is 37.5 Å². The summed E-state index contributed by atoms with van der Waals surface area (Å²) in [4.78, 5) is 4.33. The van der Waals surface area contributed by atoms with E-state index in [1.165, 1.54) is 16.7 Å². The van der Waals surface area contributed by atoms with Crippen LogP contribution in [0.15, 0.2) is 47.5 Å². The lowest BCUT2D eigenvalue weighted by Crippen LogP contribution is -2.38. The van der Waals surface area contributed by atoms with E-state index in [1.54, 1.807) is 7.05 Å². The lowest BCUT2D eigenvalue weighted by atomic mass is 10.1. The molecule has 0 fully saturated rings. The summed E-state index contributed by atoms with van der Waals surface area (Å²) in [6.45, 7) is 9.99. The van der Waals surface area contributed by atoms with E-state index in [0.29, 0.717) is 33.0 Å². The number of benzene rings is 2. The largest absolute Gasteiger partial charge is 0.490 e. The minimum Gasteiger partial charge on any atom is -0.490 e. The first-order chi connectivity index (χ1) is 14.7. The molecule has 0 unspecified atom stereocenters. The fourth-order valence-corrected chi connectivity index (χ4v) is 3.06. The highest BCUT2D eigenvalue weighted by Crippen LogP contribution is 2.28.